The van der Waals surface area contributed by atoms with Crippen molar-refractivity contribution in [1.82, 2.24) is 9.21 Å². The van der Waals surface area contributed by atoms with Gasteiger partial charge in [0.2, 0.25) is 10.0 Å². The predicted molar refractivity (Wildman–Crippen MR) is 92.1 cm³/mol. The molecule has 1 aromatic carbocycles. The highest BCUT2D eigenvalue weighted by atomic mass is 32.2. The summed E-state index contributed by atoms with van der Waals surface area (Å²) in [4.78, 5) is 2.64. The van der Waals surface area contributed by atoms with Gasteiger partial charge in [0.25, 0.3) is 0 Å². The topological polar surface area (TPSA) is 74.8 Å². The maximum absolute atomic E-state index is 12.9. The van der Waals surface area contributed by atoms with Crippen molar-refractivity contribution in [3.8, 4) is 0 Å². The van der Waals surface area contributed by atoms with Crippen molar-refractivity contribution in [3.05, 3.63) is 24.3 Å². The molecule has 0 bridgehead atoms. The molecular formula is C16H24N2O4S2. The van der Waals surface area contributed by atoms with Crippen LogP contribution in [0.25, 0.3) is 0 Å². The quantitative estimate of drug-likeness (QED) is 0.780. The van der Waals surface area contributed by atoms with Crippen LogP contribution in [0.5, 0.6) is 0 Å². The first-order valence-electron chi connectivity index (χ1n) is 8.33. The Kier molecular flexibility index (Phi) is 5.01. The number of hydrogen-bond donors (Lipinski definition) is 0. The third-order valence-corrected chi connectivity index (χ3v) is 7.94. The summed E-state index contributed by atoms with van der Waals surface area (Å²) < 4.78 is 50.5. The van der Waals surface area contributed by atoms with Crippen LogP contribution in [-0.2, 0) is 19.9 Å². The van der Waals surface area contributed by atoms with E-state index in [9.17, 15) is 16.8 Å². The number of hydrogen-bond acceptors (Lipinski definition) is 5. The summed E-state index contributed by atoms with van der Waals surface area (Å²) in [6, 6.07) is 5.55. The van der Waals surface area contributed by atoms with Crippen LogP contribution in [0.1, 0.15) is 25.7 Å². The first-order chi connectivity index (χ1) is 11.3. The van der Waals surface area contributed by atoms with Gasteiger partial charge >= 0.3 is 0 Å². The Labute approximate surface area is 144 Å². The molecule has 0 radical (unpaired) electrons. The van der Waals surface area contributed by atoms with Gasteiger partial charge in [0.15, 0.2) is 9.84 Å². The Morgan fingerprint density at radius 3 is 2.08 bits per heavy atom. The molecule has 0 N–H and O–H groups in total. The molecule has 134 valence electrons. The third kappa shape index (κ3) is 3.66. The van der Waals surface area contributed by atoms with Gasteiger partial charge in [-0.05, 0) is 63.0 Å². The number of likely N-dealkylation sites (tertiary alicyclic amines) is 1. The Balaban J connectivity index is 1.80. The molecule has 0 aliphatic carbocycles. The van der Waals surface area contributed by atoms with E-state index in [4.69, 9.17) is 0 Å². The largest absolute Gasteiger partial charge is 0.302 e. The van der Waals surface area contributed by atoms with Crippen molar-refractivity contribution in [2.75, 3.05) is 32.4 Å². The zero-order valence-corrected chi connectivity index (χ0v) is 15.5. The number of benzene rings is 1. The van der Waals surface area contributed by atoms with Gasteiger partial charge in [-0.3, -0.25) is 0 Å². The molecule has 0 saturated carbocycles. The summed E-state index contributed by atoms with van der Waals surface area (Å²) in [5.74, 6) is 0. The molecule has 2 aliphatic heterocycles. The van der Waals surface area contributed by atoms with Crippen molar-refractivity contribution in [2.45, 2.75) is 41.5 Å². The van der Waals surface area contributed by atoms with E-state index < -0.39 is 19.9 Å². The average Bonchev–Trinajstić information content (AvgIpc) is 3.19. The highest BCUT2D eigenvalue weighted by Gasteiger charge is 2.36. The summed E-state index contributed by atoms with van der Waals surface area (Å²) in [6.07, 6.45) is 5.25. The van der Waals surface area contributed by atoms with Crippen LogP contribution < -0.4 is 0 Å². The molecule has 0 aromatic heterocycles. The van der Waals surface area contributed by atoms with Gasteiger partial charge in [-0.1, -0.05) is 0 Å². The highest BCUT2D eigenvalue weighted by molar-refractivity contribution is 7.90. The highest BCUT2D eigenvalue weighted by Crippen LogP contribution is 2.28. The van der Waals surface area contributed by atoms with Gasteiger partial charge in [0, 0.05) is 25.4 Å². The first kappa shape index (κ1) is 17.8. The van der Waals surface area contributed by atoms with Crippen molar-refractivity contribution in [3.63, 3.8) is 0 Å². The minimum atomic E-state index is -3.58. The fourth-order valence-corrected chi connectivity index (χ4v) is 5.88. The maximum Gasteiger partial charge on any atom is 0.243 e. The van der Waals surface area contributed by atoms with E-state index in [0.717, 1.165) is 38.7 Å². The minimum absolute atomic E-state index is 0.0164. The molecule has 0 spiro atoms. The summed E-state index contributed by atoms with van der Waals surface area (Å²) in [6.45, 7) is 3.43. The fraction of sp³-hybridized carbons (Fsp3) is 0.625. The number of sulfone groups is 1. The molecule has 2 heterocycles. The standard InChI is InChI=1S/C16H24N2O4S2/c1-23(19,20)15-6-8-16(9-7-15)24(21,22)18-12-4-5-14(18)13-17-10-2-3-11-17/h6-9,14H,2-5,10-13H2,1H3/t14-/m0/s1. The van der Waals surface area contributed by atoms with Crippen molar-refractivity contribution >= 4 is 19.9 Å². The zero-order chi connectivity index (χ0) is 17.4. The van der Waals surface area contributed by atoms with Gasteiger partial charge in [-0.2, -0.15) is 4.31 Å². The second-order valence-electron chi connectivity index (χ2n) is 6.66. The van der Waals surface area contributed by atoms with E-state index in [2.05, 4.69) is 4.90 Å². The third-order valence-electron chi connectivity index (χ3n) is 4.85. The van der Waals surface area contributed by atoms with Crippen molar-refractivity contribution in [2.24, 2.45) is 0 Å². The lowest BCUT2D eigenvalue weighted by atomic mass is 10.2. The number of nitrogens with zero attached hydrogens (tertiary/aromatic N) is 2. The van der Waals surface area contributed by atoms with Crippen LogP contribution in [0, 0.1) is 0 Å². The lowest BCUT2D eigenvalue weighted by molar-refractivity contribution is 0.257. The van der Waals surface area contributed by atoms with E-state index >= 15 is 0 Å². The lowest BCUT2D eigenvalue weighted by Crippen LogP contribution is -2.42. The lowest BCUT2D eigenvalue weighted by Gasteiger charge is -2.27. The van der Waals surface area contributed by atoms with E-state index in [1.807, 2.05) is 0 Å². The monoisotopic (exact) mass is 372 g/mol. The van der Waals surface area contributed by atoms with Crippen LogP contribution >= 0.6 is 0 Å². The molecule has 0 amide bonds. The molecule has 2 aliphatic rings. The normalized spacial score (nSPS) is 23.8. The Hall–Kier alpha value is -0.960. The molecule has 8 heteroatoms. The summed E-state index contributed by atoms with van der Waals surface area (Å²) >= 11 is 0. The van der Waals surface area contributed by atoms with Crippen molar-refractivity contribution in [1.29, 1.82) is 0 Å². The second kappa shape index (κ2) is 6.74. The molecule has 2 fully saturated rings. The first-order valence-corrected chi connectivity index (χ1v) is 11.7. The zero-order valence-electron chi connectivity index (χ0n) is 13.9. The van der Waals surface area contributed by atoms with Gasteiger partial charge in [-0.15, -0.1) is 0 Å². The number of sulfonamides is 1. The average molecular weight is 373 g/mol. The smallest absolute Gasteiger partial charge is 0.243 e. The SMILES string of the molecule is CS(=O)(=O)c1ccc(S(=O)(=O)N2CCC[C@H]2CN2CCCC2)cc1. The molecule has 1 aromatic rings. The molecule has 2 saturated heterocycles. The predicted octanol–water partition coefficient (Wildman–Crippen LogP) is 1.34. The van der Waals surface area contributed by atoms with E-state index in [1.54, 1.807) is 4.31 Å². The van der Waals surface area contributed by atoms with Crippen LogP contribution in [0.3, 0.4) is 0 Å². The Bertz CT molecular complexity index is 782. The van der Waals surface area contributed by atoms with Gasteiger partial charge < -0.3 is 4.90 Å². The van der Waals surface area contributed by atoms with E-state index in [-0.39, 0.29) is 15.8 Å². The van der Waals surface area contributed by atoms with Gasteiger partial charge in [-0.25, -0.2) is 16.8 Å². The summed E-state index contributed by atoms with van der Waals surface area (Å²) in [5, 5.41) is 0. The summed E-state index contributed by atoms with van der Waals surface area (Å²) in [5.41, 5.74) is 0. The minimum Gasteiger partial charge on any atom is -0.302 e. The van der Waals surface area contributed by atoms with Gasteiger partial charge in [0.1, 0.15) is 0 Å². The van der Waals surface area contributed by atoms with Crippen LogP contribution in [0.15, 0.2) is 34.1 Å². The fourth-order valence-electron chi connectivity index (χ4n) is 3.57. The molecule has 6 nitrogen and oxygen atoms in total. The molecule has 1 atom stereocenters. The van der Waals surface area contributed by atoms with Crippen LogP contribution in [0.4, 0.5) is 0 Å². The van der Waals surface area contributed by atoms with Crippen molar-refractivity contribution < 1.29 is 16.8 Å². The molecule has 24 heavy (non-hydrogen) atoms. The maximum atomic E-state index is 12.9. The Morgan fingerprint density at radius 1 is 0.917 bits per heavy atom. The molecular weight excluding hydrogens is 348 g/mol. The second-order valence-corrected chi connectivity index (χ2v) is 10.6. The number of rotatable bonds is 5. The molecule has 0 unspecified atom stereocenters. The molecule has 3 rings (SSSR count). The van der Waals surface area contributed by atoms with Crippen LogP contribution in [-0.4, -0.2) is 64.5 Å². The van der Waals surface area contributed by atoms with E-state index in [0.29, 0.717) is 6.54 Å². The van der Waals surface area contributed by atoms with Gasteiger partial charge in [0.05, 0.1) is 9.79 Å². The Morgan fingerprint density at radius 2 is 1.50 bits per heavy atom. The van der Waals surface area contributed by atoms with E-state index in [1.165, 1.54) is 37.1 Å². The summed E-state index contributed by atoms with van der Waals surface area (Å²) in [7, 11) is -6.91. The van der Waals surface area contributed by atoms with Crippen LogP contribution in [0.2, 0.25) is 0 Å².